The summed E-state index contributed by atoms with van der Waals surface area (Å²) >= 11 is 4.86. The Balaban J connectivity index is 1.30. The van der Waals surface area contributed by atoms with Gasteiger partial charge in [0.15, 0.2) is 11.4 Å². The molecule has 0 spiro atoms. The number of furan rings is 1. The first-order valence-corrected chi connectivity index (χ1v) is 18.4. The predicted octanol–water partition coefficient (Wildman–Crippen LogP) is 12.7. The van der Waals surface area contributed by atoms with Crippen LogP contribution in [-0.4, -0.2) is 16.1 Å². The lowest BCUT2D eigenvalue weighted by molar-refractivity contribution is 0.568. The highest BCUT2D eigenvalue weighted by atomic mass is 32.1. The number of allylic oxidation sites excluding steroid dienone is 4. The van der Waals surface area contributed by atoms with Crippen LogP contribution < -0.4 is 0 Å². The summed E-state index contributed by atoms with van der Waals surface area (Å²) in [6.45, 7) is 2.18. The molecule has 2 aromatic heterocycles. The number of nitrogens with zero attached hydrogens (tertiary/aromatic N) is 3. The molecule has 6 aromatic carbocycles. The van der Waals surface area contributed by atoms with Crippen LogP contribution >= 0.6 is 12.6 Å². The summed E-state index contributed by atoms with van der Waals surface area (Å²) in [6, 6.07) is 45.0. The number of thiol groups is 1. The first kappa shape index (κ1) is 30.9. The molecule has 10 rings (SSSR count). The number of hydrogen-bond donors (Lipinski definition) is 1. The van der Waals surface area contributed by atoms with E-state index in [9.17, 15) is 0 Å². The van der Waals surface area contributed by atoms with Crippen molar-refractivity contribution in [1.29, 1.82) is 0 Å². The van der Waals surface area contributed by atoms with Crippen molar-refractivity contribution in [1.82, 2.24) is 4.57 Å². The average Bonchev–Trinajstić information content (AvgIpc) is 3.75. The highest BCUT2D eigenvalue weighted by Crippen LogP contribution is 2.47. The number of aromatic nitrogens is 1. The minimum absolute atomic E-state index is 0.242. The van der Waals surface area contributed by atoms with Gasteiger partial charge in [-0.05, 0) is 83.5 Å². The van der Waals surface area contributed by atoms with E-state index in [1.54, 1.807) is 0 Å². The van der Waals surface area contributed by atoms with E-state index in [-0.39, 0.29) is 6.17 Å². The molecule has 1 aliphatic carbocycles. The SMILES string of the molecule is Cc1ccc(-c2cc3c4ccccc4oc3c3c2c2ccccc2n3C2CC(C3=CC=CCC3)=NC(c3ccccc3)=N2)cc1-c1ccccc1S. The molecule has 0 fully saturated rings. The molecule has 1 atom stereocenters. The van der Waals surface area contributed by atoms with Crippen LogP contribution in [0.25, 0.3) is 66.0 Å². The zero-order valence-corrected chi connectivity index (χ0v) is 29.6. The Morgan fingerprint density at radius 3 is 2.37 bits per heavy atom. The van der Waals surface area contributed by atoms with Crippen LogP contribution in [0.3, 0.4) is 0 Å². The molecular weight excluding hydrogens is 655 g/mol. The Morgan fingerprint density at radius 2 is 1.52 bits per heavy atom. The van der Waals surface area contributed by atoms with Gasteiger partial charge in [0, 0.05) is 38.4 Å². The first-order valence-electron chi connectivity index (χ1n) is 18.0. The van der Waals surface area contributed by atoms with Crippen molar-refractivity contribution in [2.24, 2.45) is 9.98 Å². The fourth-order valence-electron chi connectivity index (χ4n) is 8.16. The molecule has 0 bridgehead atoms. The summed E-state index contributed by atoms with van der Waals surface area (Å²) in [4.78, 5) is 11.7. The highest BCUT2D eigenvalue weighted by Gasteiger charge is 2.29. The molecule has 0 saturated carbocycles. The monoisotopic (exact) mass is 689 g/mol. The molecule has 52 heavy (non-hydrogen) atoms. The van der Waals surface area contributed by atoms with Gasteiger partial charge >= 0.3 is 0 Å². The van der Waals surface area contributed by atoms with Crippen LogP contribution in [0.5, 0.6) is 0 Å². The number of amidine groups is 1. The number of aliphatic imine (C=N–C) groups is 2. The van der Waals surface area contributed by atoms with Crippen LogP contribution in [0.4, 0.5) is 0 Å². The van der Waals surface area contributed by atoms with Gasteiger partial charge < -0.3 is 8.98 Å². The van der Waals surface area contributed by atoms with Gasteiger partial charge in [-0.2, -0.15) is 0 Å². The Morgan fingerprint density at radius 1 is 0.731 bits per heavy atom. The van der Waals surface area contributed by atoms with Crippen molar-refractivity contribution in [2.45, 2.75) is 37.2 Å². The van der Waals surface area contributed by atoms with Crippen LogP contribution in [0.2, 0.25) is 0 Å². The predicted molar refractivity (Wildman–Crippen MR) is 220 cm³/mol. The third-order valence-electron chi connectivity index (χ3n) is 10.7. The van der Waals surface area contributed by atoms with Crippen molar-refractivity contribution >= 4 is 67.9 Å². The second-order valence-corrected chi connectivity index (χ2v) is 14.3. The van der Waals surface area contributed by atoms with Gasteiger partial charge in [0.1, 0.15) is 11.7 Å². The normalized spacial score (nSPS) is 16.1. The number of hydrogen-bond acceptors (Lipinski definition) is 4. The highest BCUT2D eigenvalue weighted by molar-refractivity contribution is 7.80. The Hall–Kier alpha value is -5.91. The fraction of sp³-hybridized carbons (Fsp3) is 0.106. The first-order chi connectivity index (χ1) is 25.6. The second-order valence-electron chi connectivity index (χ2n) is 13.8. The van der Waals surface area contributed by atoms with Crippen molar-refractivity contribution in [3.8, 4) is 22.3 Å². The van der Waals surface area contributed by atoms with Crippen molar-refractivity contribution in [3.05, 3.63) is 162 Å². The molecule has 2 aliphatic rings. The number of rotatable bonds is 5. The van der Waals surface area contributed by atoms with Gasteiger partial charge in [-0.25, -0.2) is 9.98 Å². The van der Waals surface area contributed by atoms with Crippen LogP contribution in [0.15, 0.2) is 170 Å². The third-order valence-corrected chi connectivity index (χ3v) is 11.1. The number of fused-ring (bicyclic) bond motifs is 7. The topological polar surface area (TPSA) is 42.8 Å². The quantitative estimate of drug-likeness (QED) is 0.180. The number of aryl methyl sites for hydroxylation is 1. The van der Waals surface area contributed by atoms with E-state index < -0.39 is 0 Å². The summed E-state index contributed by atoms with van der Waals surface area (Å²) in [6.07, 6.45) is 9.05. The largest absolute Gasteiger partial charge is 0.454 e. The summed E-state index contributed by atoms with van der Waals surface area (Å²) in [5.41, 5.74) is 13.2. The lowest BCUT2D eigenvalue weighted by Crippen LogP contribution is -2.22. The Kier molecular flexibility index (Phi) is 7.36. The number of benzene rings is 6. The van der Waals surface area contributed by atoms with Crippen LogP contribution in [0.1, 0.15) is 36.6 Å². The van der Waals surface area contributed by atoms with E-state index in [0.29, 0.717) is 6.42 Å². The summed E-state index contributed by atoms with van der Waals surface area (Å²) < 4.78 is 9.31. The smallest absolute Gasteiger partial charge is 0.159 e. The molecule has 0 amide bonds. The number of para-hydroxylation sites is 2. The molecule has 3 heterocycles. The van der Waals surface area contributed by atoms with Crippen molar-refractivity contribution in [3.63, 3.8) is 0 Å². The van der Waals surface area contributed by atoms with E-state index in [4.69, 9.17) is 27.0 Å². The van der Waals surface area contributed by atoms with Gasteiger partial charge in [0.25, 0.3) is 0 Å². The van der Waals surface area contributed by atoms with E-state index in [1.807, 2.05) is 18.2 Å². The zero-order valence-electron chi connectivity index (χ0n) is 28.8. The lowest BCUT2D eigenvalue weighted by atomic mass is 9.92. The van der Waals surface area contributed by atoms with Gasteiger partial charge in [-0.15, -0.1) is 12.6 Å². The van der Waals surface area contributed by atoms with E-state index in [0.717, 1.165) is 84.3 Å². The summed E-state index contributed by atoms with van der Waals surface area (Å²) in [5.74, 6) is 0.763. The summed E-state index contributed by atoms with van der Waals surface area (Å²) in [5, 5.41) is 4.53. The third kappa shape index (κ3) is 4.99. The minimum Gasteiger partial charge on any atom is -0.454 e. The molecule has 5 heteroatoms. The van der Waals surface area contributed by atoms with Gasteiger partial charge in [-0.1, -0.05) is 115 Å². The molecule has 0 saturated heterocycles. The van der Waals surface area contributed by atoms with Crippen molar-refractivity contribution in [2.75, 3.05) is 0 Å². The second kappa shape index (κ2) is 12.4. The van der Waals surface area contributed by atoms with E-state index in [1.165, 1.54) is 27.6 Å². The molecule has 4 nitrogen and oxygen atoms in total. The van der Waals surface area contributed by atoms with Crippen LogP contribution in [0, 0.1) is 6.92 Å². The van der Waals surface area contributed by atoms with Gasteiger partial charge in [0.05, 0.1) is 16.7 Å². The van der Waals surface area contributed by atoms with Gasteiger partial charge in [0.2, 0.25) is 0 Å². The average molecular weight is 690 g/mol. The van der Waals surface area contributed by atoms with E-state index in [2.05, 4.69) is 139 Å². The van der Waals surface area contributed by atoms with Gasteiger partial charge in [-0.3, -0.25) is 0 Å². The maximum atomic E-state index is 6.87. The lowest BCUT2D eigenvalue weighted by Gasteiger charge is -2.25. The molecule has 8 aromatic rings. The Labute approximate surface area is 307 Å². The summed E-state index contributed by atoms with van der Waals surface area (Å²) in [7, 11) is 0. The Bertz CT molecular complexity index is 2850. The molecular formula is C47H35N3OS. The molecule has 0 N–H and O–H groups in total. The maximum Gasteiger partial charge on any atom is 0.159 e. The van der Waals surface area contributed by atoms with Crippen molar-refractivity contribution < 1.29 is 4.42 Å². The molecule has 0 radical (unpaired) electrons. The molecule has 1 unspecified atom stereocenters. The fourth-order valence-corrected chi connectivity index (χ4v) is 8.44. The zero-order chi connectivity index (χ0) is 34.8. The standard InChI is InChI=1S/C47H35N3OS/c1-29-24-25-32(26-36(29)34-19-10-13-23-42(34)52)37-27-38-33-18-9-12-22-41(33)51-46(38)45-44(37)35-20-8-11-21-40(35)50(45)43-28-39(30-14-4-2-5-15-30)48-47(49-43)31-16-6-3-7-17-31/h2-4,6-14,16-27,43,52H,5,15,28H2,1H3. The maximum absolute atomic E-state index is 6.87. The van der Waals surface area contributed by atoms with Crippen LogP contribution in [-0.2, 0) is 0 Å². The minimum atomic E-state index is -0.242. The molecule has 250 valence electrons. The molecule has 1 aliphatic heterocycles. The van der Waals surface area contributed by atoms with E-state index >= 15 is 0 Å².